The Morgan fingerprint density at radius 3 is 2.71 bits per heavy atom. The van der Waals surface area contributed by atoms with E-state index in [4.69, 9.17) is 0 Å². The Balaban J connectivity index is 2.12. The van der Waals surface area contributed by atoms with Gasteiger partial charge in [0.25, 0.3) is 0 Å². The maximum absolute atomic E-state index is 11.3. The van der Waals surface area contributed by atoms with Crippen molar-refractivity contribution in [1.29, 1.82) is 0 Å². The summed E-state index contributed by atoms with van der Waals surface area (Å²) in [6.07, 6.45) is 5.65. The van der Waals surface area contributed by atoms with Gasteiger partial charge in [-0.1, -0.05) is 30.2 Å². The molecule has 0 amide bonds. The first-order valence-corrected chi connectivity index (χ1v) is 6.46. The monoisotopic (exact) mass is 230 g/mol. The molecule has 0 radical (unpaired) electrons. The van der Waals surface area contributed by atoms with Crippen LogP contribution >= 0.6 is 0 Å². The predicted molar refractivity (Wildman–Crippen MR) is 66.3 cm³/mol. The molecule has 2 aliphatic carbocycles. The third-order valence-corrected chi connectivity index (χ3v) is 4.67. The quantitative estimate of drug-likeness (QED) is 0.803. The summed E-state index contributed by atoms with van der Waals surface area (Å²) in [6, 6.07) is 6.40. The topological polar surface area (TPSA) is 37.3 Å². The third kappa shape index (κ3) is 1.50. The van der Waals surface area contributed by atoms with E-state index >= 15 is 0 Å². The van der Waals surface area contributed by atoms with Crippen molar-refractivity contribution in [2.45, 2.75) is 50.4 Å². The Labute approximate surface area is 102 Å². The molecule has 1 aromatic carbocycles. The summed E-state index contributed by atoms with van der Waals surface area (Å²) in [6.45, 7) is 2.04. The van der Waals surface area contributed by atoms with Crippen molar-refractivity contribution in [3.63, 3.8) is 0 Å². The Kier molecular flexibility index (Phi) is 2.29. The first-order valence-electron chi connectivity index (χ1n) is 6.46. The van der Waals surface area contributed by atoms with Gasteiger partial charge in [0.15, 0.2) is 0 Å². The van der Waals surface area contributed by atoms with Crippen molar-refractivity contribution in [2.75, 3.05) is 0 Å². The molecule has 2 nitrogen and oxygen atoms in total. The number of carbonyl (C=O) groups is 1. The molecule has 90 valence electrons. The minimum atomic E-state index is -0.661. The Bertz CT molecular complexity index is 472. The Morgan fingerprint density at radius 1 is 1.35 bits per heavy atom. The summed E-state index contributed by atoms with van der Waals surface area (Å²) in [5.74, 6) is -0.942. The number of aliphatic carboxylic acids is 1. The van der Waals surface area contributed by atoms with Crippen LogP contribution in [-0.4, -0.2) is 11.1 Å². The van der Waals surface area contributed by atoms with Gasteiger partial charge in [-0.25, -0.2) is 0 Å². The van der Waals surface area contributed by atoms with Crippen molar-refractivity contribution < 1.29 is 9.90 Å². The van der Waals surface area contributed by atoms with Crippen LogP contribution in [0.2, 0.25) is 0 Å². The fourth-order valence-electron chi connectivity index (χ4n) is 3.54. The number of carboxylic acid groups (broad SMARTS) is 1. The zero-order valence-electron chi connectivity index (χ0n) is 10.2. The minimum Gasteiger partial charge on any atom is -0.481 e. The van der Waals surface area contributed by atoms with Gasteiger partial charge in [-0.3, -0.25) is 4.79 Å². The number of carboxylic acids is 1. The number of fused-ring (bicyclic) bond motifs is 2. The molecule has 1 unspecified atom stereocenters. The zero-order valence-corrected chi connectivity index (χ0v) is 10.2. The van der Waals surface area contributed by atoms with Crippen LogP contribution in [-0.2, 0) is 10.2 Å². The molecule has 1 spiro atoms. The van der Waals surface area contributed by atoms with Gasteiger partial charge in [0.1, 0.15) is 0 Å². The second kappa shape index (κ2) is 3.59. The van der Waals surface area contributed by atoms with E-state index < -0.39 is 5.97 Å². The van der Waals surface area contributed by atoms with Gasteiger partial charge in [0.05, 0.1) is 5.92 Å². The van der Waals surface area contributed by atoms with E-state index in [0.29, 0.717) is 5.41 Å². The summed E-state index contributed by atoms with van der Waals surface area (Å²) < 4.78 is 0. The predicted octanol–water partition coefficient (Wildman–Crippen LogP) is 3.38. The van der Waals surface area contributed by atoms with E-state index in [2.05, 4.69) is 18.2 Å². The zero-order chi connectivity index (χ0) is 12.0. The van der Waals surface area contributed by atoms with Crippen LogP contribution in [0.25, 0.3) is 0 Å². The molecule has 1 fully saturated rings. The summed E-state index contributed by atoms with van der Waals surface area (Å²) in [5.41, 5.74) is 3.91. The molecular formula is C15H18O2. The molecule has 1 aromatic rings. The second-order valence-corrected chi connectivity index (χ2v) is 5.65. The number of hydrogen-bond acceptors (Lipinski definition) is 1. The molecule has 1 atom stereocenters. The van der Waals surface area contributed by atoms with Crippen LogP contribution < -0.4 is 0 Å². The van der Waals surface area contributed by atoms with Crippen LogP contribution in [0, 0.1) is 6.92 Å². The number of aryl methyl sites for hydroxylation is 1. The molecule has 2 heteroatoms. The lowest BCUT2D eigenvalue weighted by Crippen LogP contribution is -2.39. The van der Waals surface area contributed by atoms with Gasteiger partial charge in [-0.15, -0.1) is 0 Å². The summed E-state index contributed by atoms with van der Waals surface area (Å²) in [7, 11) is 0. The smallest absolute Gasteiger partial charge is 0.310 e. The van der Waals surface area contributed by atoms with Gasteiger partial charge in [0.2, 0.25) is 0 Å². The maximum atomic E-state index is 11.3. The van der Waals surface area contributed by atoms with E-state index in [1.165, 1.54) is 30.4 Å². The highest BCUT2D eigenvalue weighted by molar-refractivity contribution is 5.77. The molecule has 0 aromatic heterocycles. The standard InChI is InChI=1S/C15H18O2/c1-10-3-4-13-12(9-10)11(14(16)17)5-8-15(13)6-2-7-15/h3-4,9,11H,2,5-8H2,1H3,(H,16,17). The summed E-state index contributed by atoms with van der Waals surface area (Å²) >= 11 is 0. The second-order valence-electron chi connectivity index (χ2n) is 5.65. The first kappa shape index (κ1) is 10.8. The van der Waals surface area contributed by atoms with Gasteiger partial charge >= 0.3 is 5.97 Å². The lowest BCUT2D eigenvalue weighted by Gasteiger charge is -2.47. The normalized spacial score (nSPS) is 25.1. The van der Waals surface area contributed by atoms with E-state index in [0.717, 1.165) is 18.4 Å². The molecule has 17 heavy (non-hydrogen) atoms. The Hall–Kier alpha value is -1.31. The SMILES string of the molecule is Cc1ccc2c(c1)C(C(=O)O)CCC21CCC1. The fraction of sp³-hybridized carbons (Fsp3) is 0.533. The summed E-state index contributed by atoms with van der Waals surface area (Å²) in [5, 5.41) is 9.34. The average Bonchev–Trinajstić information content (AvgIpc) is 2.24. The van der Waals surface area contributed by atoms with Crippen LogP contribution in [0.15, 0.2) is 18.2 Å². The van der Waals surface area contributed by atoms with E-state index in [9.17, 15) is 9.90 Å². The Morgan fingerprint density at radius 2 is 2.12 bits per heavy atom. The van der Waals surface area contributed by atoms with Crippen LogP contribution in [0.3, 0.4) is 0 Å². The molecule has 2 aliphatic rings. The molecular weight excluding hydrogens is 212 g/mol. The van der Waals surface area contributed by atoms with Crippen molar-refractivity contribution >= 4 is 5.97 Å². The van der Waals surface area contributed by atoms with Crippen molar-refractivity contribution in [3.05, 3.63) is 34.9 Å². The van der Waals surface area contributed by atoms with E-state index in [1.54, 1.807) is 0 Å². The van der Waals surface area contributed by atoms with Gasteiger partial charge in [-0.05, 0) is 49.1 Å². The first-order chi connectivity index (χ1) is 8.12. The minimum absolute atomic E-state index is 0.281. The highest BCUT2D eigenvalue weighted by atomic mass is 16.4. The third-order valence-electron chi connectivity index (χ3n) is 4.67. The van der Waals surface area contributed by atoms with Crippen LogP contribution in [0.5, 0.6) is 0 Å². The molecule has 0 aliphatic heterocycles. The van der Waals surface area contributed by atoms with Crippen LogP contribution in [0.1, 0.15) is 54.7 Å². The van der Waals surface area contributed by atoms with E-state index in [-0.39, 0.29) is 5.92 Å². The largest absolute Gasteiger partial charge is 0.481 e. The number of rotatable bonds is 1. The van der Waals surface area contributed by atoms with Crippen molar-refractivity contribution in [2.24, 2.45) is 0 Å². The maximum Gasteiger partial charge on any atom is 0.310 e. The average molecular weight is 230 g/mol. The highest BCUT2D eigenvalue weighted by Crippen LogP contribution is 2.53. The fourth-order valence-corrected chi connectivity index (χ4v) is 3.54. The van der Waals surface area contributed by atoms with E-state index in [1.807, 2.05) is 6.92 Å². The van der Waals surface area contributed by atoms with Crippen LogP contribution in [0.4, 0.5) is 0 Å². The molecule has 1 N–H and O–H groups in total. The van der Waals surface area contributed by atoms with Gasteiger partial charge < -0.3 is 5.11 Å². The highest BCUT2D eigenvalue weighted by Gasteiger charge is 2.45. The lowest BCUT2D eigenvalue weighted by molar-refractivity contribution is -0.139. The van der Waals surface area contributed by atoms with Crippen molar-refractivity contribution in [1.82, 2.24) is 0 Å². The molecule has 3 rings (SSSR count). The summed E-state index contributed by atoms with van der Waals surface area (Å²) in [4.78, 5) is 11.3. The molecule has 0 saturated heterocycles. The van der Waals surface area contributed by atoms with Crippen molar-refractivity contribution in [3.8, 4) is 0 Å². The molecule has 0 bridgehead atoms. The molecule has 1 saturated carbocycles. The number of benzene rings is 1. The van der Waals surface area contributed by atoms with Gasteiger partial charge in [0, 0.05) is 0 Å². The lowest BCUT2D eigenvalue weighted by atomic mass is 9.56. The molecule has 0 heterocycles. The number of hydrogen-bond donors (Lipinski definition) is 1. The van der Waals surface area contributed by atoms with Gasteiger partial charge in [-0.2, -0.15) is 0 Å².